The molecule has 29 heavy (non-hydrogen) atoms. The van der Waals surface area contributed by atoms with Gasteiger partial charge < -0.3 is 4.90 Å². The fraction of sp³-hybridized carbons (Fsp3) is 0.0741. The molecule has 0 aromatic heterocycles. The minimum Gasteiger partial charge on any atom is -0.328 e. The van der Waals surface area contributed by atoms with Crippen molar-refractivity contribution < 1.29 is 0 Å². The number of benzene rings is 4. The molecule has 0 saturated heterocycles. The molecule has 0 spiro atoms. The molecular formula is C27H24BN. The van der Waals surface area contributed by atoms with Gasteiger partial charge in [0.25, 0.3) is 0 Å². The molecule has 0 bridgehead atoms. The molecule has 4 rings (SSSR count). The van der Waals surface area contributed by atoms with Gasteiger partial charge in [0.1, 0.15) is 0 Å². The van der Waals surface area contributed by atoms with Crippen molar-refractivity contribution in [1.29, 1.82) is 0 Å². The molecule has 4 aromatic rings. The van der Waals surface area contributed by atoms with Gasteiger partial charge in [-0.25, -0.2) is 0 Å². The lowest BCUT2D eigenvalue weighted by atomic mass is 9.51. The predicted octanol–water partition coefficient (Wildman–Crippen LogP) is 4.95. The maximum atomic E-state index is 5.33. The van der Waals surface area contributed by atoms with Gasteiger partial charge in [0, 0.05) is 0 Å². The molecule has 0 fully saturated rings. The number of rotatable bonds is 5. The summed E-state index contributed by atoms with van der Waals surface area (Å²) in [6.45, 7) is 4.17. The normalized spacial score (nSPS) is 10.4. The van der Waals surface area contributed by atoms with Crippen LogP contribution >= 0.6 is 0 Å². The summed E-state index contributed by atoms with van der Waals surface area (Å²) >= 11 is 0. The first-order valence-corrected chi connectivity index (χ1v) is 10.0. The fourth-order valence-corrected chi connectivity index (χ4v) is 3.48. The molecule has 0 saturated carbocycles. The minimum absolute atomic E-state index is 0.0602. The Balaban J connectivity index is 1.90. The first kappa shape index (κ1) is 19.0. The zero-order valence-corrected chi connectivity index (χ0v) is 16.9. The highest BCUT2D eigenvalue weighted by atomic mass is 14.7. The van der Waals surface area contributed by atoms with Crippen LogP contribution in [0, 0.1) is 13.8 Å². The topological polar surface area (TPSA) is 12.4 Å². The van der Waals surface area contributed by atoms with Crippen molar-refractivity contribution in [2.45, 2.75) is 13.8 Å². The lowest BCUT2D eigenvalue weighted by molar-refractivity contribution is 1.44. The van der Waals surface area contributed by atoms with Crippen LogP contribution in [-0.2, 0) is 0 Å². The quantitative estimate of drug-likeness (QED) is 0.347. The van der Waals surface area contributed by atoms with Crippen molar-refractivity contribution in [3.05, 3.63) is 131 Å². The summed E-state index contributed by atoms with van der Waals surface area (Å²) in [4.78, 5) is 5.33. The minimum atomic E-state index is -0.0602. The van der Waals surface area contributed by atoms with Crippen LogP contribution in [0.4, 0.5) is 0 Å². The SMILES string of the molecule is Cc1ccc(C(=NB(c2ccccc2)c2ccccc2)c2ccc(C)cc2)cc1. The molecule has 140 valence electrons. The summed E-state index contributed by atoms with van der Waals surface area (Å²) in [6.07, 6.45) is 0. The van der Waals surface area contributed by atoms with E-state index in [2.05, 4.69) is 123 Å². The van der Waals surface area contributed by atoms with Gasteiger partial charge in [-0.3, -0.25) is 0 Å². The Morgan fingerprint density at radius 1 is 0.517 bits per heavy atom. The number of nitrogens with zero attached hydrogens (tertiary/aromatic N) is 1. The Kier molecular flexibility index (Phi) is 5.72. The zero-order chi connectivity index (χ0) is 20.1. The van der Waals surface area contributed by atoms with Gasteiger partial charge in [0.05, 0.1) is 5.71 Å². The molecule has 0 aliphatic carbocycles. The highest BCUT2D eigenvalue weighted by Crippen LogP contribution is 2.14. The fourth-order valence-electron chi connectivity index (χ4n) is 3.48. The lowest BCUT2D eigenvalue weighted by Crippen LogP contribution is -2.41. The Morgan fingerprint density at radius 2 is 0.897 bits per heavy atom. The van der Waals surface area contributed by atoms with Crippen LogP contribution in [-0.4, -0.2) is 12.6 Å². The molecule has 0 radical (unpaired) electrons. The smallest absolute Gasteiger partial charge is 0.328 e. The second-order valence-electron chi connectivity index (χ2n) is 7.43. The van der Waals surface area contributed by atoms with Crippen molar-refractivity contribution in [2.24, 2.45) is 4.90 Å². The van der Waals surface area contributed by atoms with Gasteiger partial charge in [0.2, 0.25) is 0 Å². The number of hydrogen-bond acceptors (Lipinski definition) is 1. The van der Waals surface area contributed by atoms with Crippen LogP contribution in [0.3, 0.4) is 0 Å². The highest BCUT2D eigenvalue weighted by molar-refractivity contribution is 6.84. The van der Waals surface area contributed by atoms with Crippen LogP contribution < -0.4 is 10.9 Å². The van der Waals surface area contributed by atoms with E-state index >= 15 is 0 Å². The lowest BCUT2D eigenvalue weighted by Gasteiger charge is -2.15. The van der Waals surface area contributed by atoms with Gasteiger partial charge in [0.15, 0.2) is 0 Å². The summed E-state index contributed by atoms with van der Waals surface area (Å²) < 4.78 is 0. The Bertz CT molecular complexity index is 996. The van der Waals surface area contributed by atoms with Crippen molar-refractivity contribution in [3.8, 4) is 0 Å². The van der Waals surface area contributed by atoms with Crippen LogP contribution in [0.1, 0.15) is 22.3 Å². The average Bonchev–Trinajstić information content (AvgIpc) is 2.77. The van der Waals surface area contributed by atoms with Crippen LogP contribution in [0.5, 0.6) is 0 Å². The van der Waals surface area contributed by atoms with Gasteiger partial charge in [-0.15, -0.1) is 0 Å². The predicted molar refractivity (Wildman–Crippen MR) is 126 cm³/mol. The molecule has 4 aromatic carbocycles. The third-order valence-corrected chi connectivity index (χ3v) is 5.14. The molecule has 0 N–H and O–H groups in total. The largest absolute Gasteiger partial charge is 0.345 e. The van der Waals surface area contributed by atoms with Crippen molar-refractivity contribution in [1.82, 2.24) is 0 Å². The molecule has 0 unspecified atom stereocenters. The molecule has 0 atom stereocenters. The Morgan fingerprint density at radius 3 is 1.28 bits per heavy atom. The molecule has 0 aliphatic heterocycles. The van der Waals surface area contributed by atoms with E-state index < -0.39 is 0 Å². The van der Waals surface area contributed by atoms with E-state index in [1.807, 2.05) is 0 Å². The van der Waals surface area contributed by atoms with Crippen molar-refractivity contribution >= 4 is 23.5 Å². The molecule has 0 aliphatic rings. The summed E-state index contributed by atoms with van der Waals surface area (Å²) in [6, 6.07) is 38.3. The first-order chi connectivity index (χ1) is 14.2. The average molecular weight is 373 g/mol. The number of hydrogen-bond donors (Lipinski definition) is 0. The second kappa shape index (κ2) is 8.75. The standard InChI is InChI=1S/C27H24BN/c1-21-13-17-23(18-14-21)27(24-19-15-22(2)16-20-24)29-28(25-9-5-3-6-10-25)26-11-7-4-8-12-26/h3-20H,1-2H3. The van der Waals surface area contributed by atoms with E-state index in [-0.39, 0.29) is 6.85 Å². The van der Waals surface area contributed by atoms with Crippen LogP contribution in [0.15, 0.2) is 114 Å². The van der Waals surface area contributed by atoms with E-state index in [0.717, 1.165) is 16.8 Å². The second-order valence-corrected chi connectivity index (χ2v) is 7.43. The highest BCUT2D eigenvalue weighted by Gasteiger charge is 2.21. The third kappa shape index (κ3) is 4.55. The van der Waals surface area contributed by atoms with Crippen molar-refractivity contribution in [2.75, 3.05) is 0 Å². The van der Waals surface area contributed by atoms with Crippen molar-refractivity contribution in [3.63, 3.8) is 0 Å². The van der Waals surface area contributed by atoms with E-state index in [4.69, 9.17) is 4.90 Å². The van der Waals surface area contributed by atoms with Gasteiger partial charge in [-0.05, 0) is 35.9 Å². The van der Waals surface area contributed by atoms with E-state index in [1.54, 1.807) is 0 Å². The molecular weight excluding hydrogens is 349 g/mol. The summed E-state index contributed by atoms with van der Waals surface area (Å²) in [7, 11) is 0. The third-order valence-electron chi connectivity index (χ3n) is 5.14. The Labute approximate surface area is 173 Å². The van der Waals surface area contributed by atoms with E-state index in [9.17, 15) is 0 Å². The summed E-state index contributed by atoms with van der Waals surface area (Å²) in [5.41, 5.74) is 8.17. The number of aryl methyl sites for hydroxylation is 2. The molecule has 0 heterocycles. The maximum absolute atomic E-state index is 5.33. The molecule has 0 amide bonds. The first-order valence-electron chi connectivity index (χ1n) is 10.0. The maximum Gasteiger partial charge on any atom is 0.345 e. The van der Waals surface area contributed by atoms with Crippen LogP contribution in [0.2, 0.25) is 0 Å². The Hall–Kier alpha value is -3.39. The monoisotopic (exact) mass is 373 g/mol. The summed E-state index contributed by atoms with van der Waals surface area (Å²) in [5.74, 6) is 0. The zero-order valence-electron chi connectivity index (χ0n) is 16.9. The van der Waals surface area contributed by atoms with Gasteiger partial charge >= 0.3 is 6.85 Å². The van der Waals surface area contributed by atoms with Gasteiger partial charge in [-0.2, -0.15) is 0 Å². The summed E-state index contributed by atoms with van der Waals surface area (Å²) in [5, 5.41) is 0. The van der Waals surface area contributed by atoms with E-state index in [1.165, 1.54) is 22.1 Å². The molecule has 2 heteroatoms. The van der Waals surface area contributed by atoms with Crippen LogP contribution in [0.25, 0.3) is 0 Å². The molecule has 1 nitrogen and oxygen atoms in total. The van der Waals surface area contributed by atoms with E-state index in [0.29, 0.717) is 0 Å². The van der Waals surface area contributed by atoms with Gasteiger partial charge in [-0.1, -0.05) is 120 Å².